The van der Waals surface area contributed by atoms with Crippen LogP contribution < -0.4 is 16.4 Å². The highest BCUT2D eigenvalue weighted by Gasteiger charge is 2.13. The minimum Gasteiger partial charge on any atom is -0.396 e. The highest BCUT2D eigenvalue weighted by molar-refractivity contribution is 5.95. The van der Waals surface area contributed by atoms with E-state index in [1.807, 2.05) is 6.07 Å². The number of allylic oxidation sites excluding steroid dienone is 1. The lowest BCUT2D eigenvalue weighted by Crippen LogP contribution is -2.37. The molecule has 1 aliphatic heterocycles. The molecule has 0 aliphatic carbocycles. The van der Waals surface area contributed by atoms with E-state index in [2.05, 4.69) is 15.6 Å². The summed E-state index contributed by atoms with van der Waals surface area (Å²) in [6, 6.07) is 8.91. The molecule has 16 heavy (non-hydrogen) atoms. The molecule has 0 atom stereocenters. The van der Waals surface area contributed by atoms with Crippen molar-refractivity contribution in [3.05, 3.63) is 54.1 Å². The number of nitrogens with two attached hydrogens (primary N) is 1. The van der Waals surface area contributed by atoms with Crippen LogP contribution in [-0.2, 0) is 0 Å². The van der Waals surface area contributed by atoms with Crippen molar-refractivity contribution in [1.82, 2.24) is 10.6 Å². The van der Waals surface area contributed by atoms with Gasteiger partial charge in [0, 0.05) is 11.8 Å². The second kappa shape index (κ2) is 4.48. The molecule has 0 unspecified atom stereocenters. The molecule has 81 valence electrons. The van der Waals surface area contributed by atoms with Gasteiger partial charge in [-0.3, -0.25) is 4.79 Å². The largest absolute Gasteiger partial charge is 0.396 e. The summed E-state index contributed by atoms with van der Waals surface area (Å²) in [5, 5.41) is 5.39. The zero-order valence-corrected chi connectivity index (χ0v) is 8.47. The molecule has 1 heterocycles. The zero-order valence-electron chi connectivity index (χ0n) is 8.47. The van der Waals surface area contributed by atoms with Crippen LogP contribution in [0.15, 0.2) is 47.2 Å². The molecule has 0 bridgehead atoms. The van der Waals surface area contributed by atoms with Crippen LogP contribution in [-0.4, -0.2) is 12.1 Å². The van der Waals surface area contributed by atoms with E-state index in [4.69, 9.17) is 5.73 Å². The lowest BCUT2D eigenvalue weighted by Gasteiger charge is -2.15. The minimum atomic E-state index is -0.214. The molecule has 0 fully saturated rings. The van der Waals surface area contributed by atoms with E-state index in [-0.39, 0.29) is 5.91 Å². The predicted molar refractivity (Wildman–Crippen MR) is 61.0 cm³/mol. The lowest BCUT2D eigenvalue weighted by atomic mass is 10.2. The molecule has 1 amide bonds. The Labute approximate surface area is 93.1 Å². The molecule has 0 aromatic heterocycles. The number of nitrogens with one attached hydrogen (secondary N) is 2. The van der Waals surface area contributed by atoms with E-state index < -0.39 is 0 Å². The molecule has 4 N–H and O–H groups in total. The number of rotatable bonds is 2. The molecule has 5 heteroatoms. The average molecular weight is 215 g/mol. The highest BCUT2D eigenvalue weighted by Crippen LogP contribution is 2.02. The fraction of sp³-hybridized carbons (Fsp3) is 0. The number of nitrogens with zero attached hydrogens (tertiary/aromatic N) is 1. The van der Waals surface area contributed by atoms with Crippen molar-refractivity contribution in [2.75, 3.05) is 0 Å². The van der Waals surface area contributed by atoms with Gasteiger partial charge in [-0.15, -0.1) is 0 Å². The van der Waals surface area contributed by atoms with E-state index in [1.54, 1.807) is 30.5 Å². The van der Waals surface area contributed by atoms with Crippen molar-refractivity contribution in [1.29, 1.82) is 0 Å². The molecule has 1 aromatic carbocycles. The summed E-state index contributed by atoms with van der Waals surface area (Å²) >= 11 is 0. The topological polar surface area (TPSA) is 79.5 Å². The van der Waals surface area contributed by atoms with Gasteiger partial charge in [0.15, 0.2) is 0 Å². The van der Waals surface area contributed by atoms with E-state index in [0.717, 1.165) is 0 Å². The van der Waals surface area contributed by atoms with Gasteiger partial charge in [-0.05, 0) is 12.1 Å². The Hall–Kier alpha value is -2.30. The number of benzene rings is 1. The van der Waals surface area contributed by atoms with Crippen LogP contribution in [0.25, 0.3) is 0 Å². The Balaban J connectivity index is 1.97. The Bertz CT molecular complexity index is 439. The van der Waals surface area contributed by atoms with Crippen molar-refractivity contribution < 1.29 is 4.79 Å². The maximum atomic E-state index is 11.7. The summed E-state index contributed by atoms with van der Waals surface area (Å²) in [5.41, 5.74) is 6.55. The number of hydrogen-bond acceptors (Lipinski definition) is 4. The van der Waals surface area contributed by atoms with Gasteiger partial charge >= 0.3 is 0 Å². The minimum absolute atomic E-state index is 0.214. The van der Waals surface area contributed by atoms with Gasteiger partial charge in [0.1, 0.15) is 0 Å². The third kappa shape index (κ3) is 2.38. The molecule has 0 saturated heterocycles. The molecule has 1 radical (unpaired) electrons. The molecule has 1 aliphatic rings. The standard InChI is InChI=1S/C11H11N4O/c12-9-6-13-11(14-7-9)15-10(16)8-4-2-1-3-5-8/h1-7,13H,12H2,(H,15,16). The summed E-state index contributed by atoms with van der Waals surface area (Å²) in [5.74, 6) is -0.214. The Morgan fingerprint density at radius 2 is 2.06 bits per heavy atom. The van der Waals surface area contributed by atoms with Crippen molar-refractivity contribution >= 4 is 12.1 Å². The van der Waals surface area contributed by atoms with Crippen molar-refractivity contribution in [3.63, 3.8) is 0 Å². The Morgan fingerprint density at radius 3 is 2.69 bits per heavy atom. The van der Waals surface area contributed by atoms with E-state index in [1.165, 1.54) is 6.21 Å². The highest BCUT2D eigenvalue weighted by atomic mass is 16.1. The quantitative estimate of drug-likeness (QED) is 0.665. The van der Waals surface area contributed by atoms with Gasteiger partial charge in [0.25, 0.3) is 12.2 Å². The van der Waals surface area contributed by atoms with Crippen LogP contribution in [0.1, 0.15) is 10.4 Å². The van der Waals surface area contributed by atoms with Gasteiger partial charge in [-0.2, -0.15) is 0 Å². The first kappa shape index (κ1) is 10.2. The van der Waals surface area contributed by atoms with Crippen LogP contribution in [0.5, 0.6) is 0 Å². The fourth-order valence-electron chi connectivity index (χ4n) is 1.20. The Morgan fingerprint density at radius 1 is 1.31 bits per heavy atom. The van der Waals surface area contributed by atoms with Crippen LogP contribution in [0, 0.1) is 6.29 Å². The lowest BCUT2D eigenvalue weighted by molar-refractivity contribution is 0.0953. The zero-order chi connectivity index (χ0) is 11.4. The van der Waals surface area contributed by atoms with Crippen LogP contribution in [0.2, 0.25) is 0 Å². The maximum Gasteiger partial charge on any atom is 0.273 e. The molecular formula is C11H11N4O. The van der Waals surface area contributed by atoms with Gasteiger partial charge < -0.3 is 16.4 Å². The predicted octanol–water partition coefficient (Wildman–Crippen LogP) is 0.337. The summed E-state index contributed by atoms with van der Waals surface area (Å²) in [4.78, 5) is 15.6. The van der Waals surface area contributed by atoms with E-state index in [0.29, 0.717) is 17.6 Å². The molecule has 2 rings (SSSR count). The first-order valence-electron chi connectivity index (χ1n) is 4.75. The SMILES string of the molecule is NC1=CN[C](NC(=O)c2ccccc2)N=C1. The number of carbonyl (C=O) groups is 1. The molecule has 0 spiro atoms. The van der Waals surface area contributed by atoms with Crippen LogP contribution in [0.4, 0.5) is 0 Å². The first-order chi connectivity index (χ1) is 7.75. The normalized spacial score (nSPS) is 15.1. The van der Waals surface area contributed by atoms with Crippen molar-refractivity contribution in [2.24, 2.45) is 10.7 Å². The second-order valence-electron chi connectivity index (χ2n) is 3.22. The van der Waals surface area contributed by atoms with Gasteiger partial charge in [0.2, 0.25) is 0 Å². The Kier molecular flexibility index (Phi) is 2.86. The molecule has 5 nitrogen and oxygen atoms in total. The van der Waals surface area contributed by atoms with E-state index >= 15 is 0 Å². The average Bonchev–Trinajstić information content (AvgIpc) is 2.33. The number of hydrogen-bond donors (Lipinski definition) is 3. The summed E-state index contributed by atoms with van der Waals surface area (Å²) in [6.07, 6.45) is 3.40. The van der Waals surface area contributed by atoms with E-state index in [9.17, 15) is 4.79 Å². The summed E-state index contributed by atoms with van der Waals surface area (Å²) < 4.78 is 0. The molecular weight excluding hydrogens is 204 g/mol. The van der Waals surface area contributed by atoms with Gasteiger partial charge in [0.05, 0.1) is 11.9 Å². The van der Waals surface area contributed by atoms with Crippen LogP contribution in [0.3, 0.4) is 0 Å². The maximum absolute atomic E-state index is 11.7. The van der Waals surface area contributed by atoms with Gasteiger partial charge in [-0.1, -0.05) is 18.2 Å². The first-order valence-corrected chi connectivity index (χ1v) is 4.75. The van der Waals surface area contributed by atoms with Gasteiger partial charge in [-0.25, -0.2) is 4.99 Å². The van der Waals surface area contributed by atoms with Crippen LogP contribution >= 0.6 is 0 Å². The van der Waals surface area contributed by atoms with Crippen molar-refractivity contribution in [3.8, 4) is 0 Å². The third-order valence-electron chi connectivity index (χ3n) is 1.99. The monoisotopic (exact) mass is 215 g/mol. The number of carbonyl (C=O) groups excluding carboxylic acids is 1. The summed E-state index contributed by atoms with van der Waals surface area (Å²) in [7, 11) is 0. The number of aliphatic imine (C=N–C) groups is 1. The smallest absolute Gasteiger partial charge is 0.273 e. The van der Waals surface area contributed by atoms with Crippen molar-refractivity contribution in [2.45, 2.75) is 0 Å². The third-order valence-corrected chi connectivity index (χ3v) is 1.99. The second-order valence-corrected chi connectivity index (χ2v) is 3.22. The molecule has 0 saturated carbocycles. The fourth-order valence-corrected chi connectivity index (χ4v) is 1.20. The summed E-state index contributed by atoms with van der Waals surface area (Å²) in [6.45, 7) is 0. The molecule has 1 aromatic rings. The number of amides is 1.